The van der Waals surface area contributed by atoms with Gasteiger partial charge >= 0.3 is 0 Å². The quantitative estimate of drug-likeness (QED) is 0.520. The summed E-state index contributed by atoms with van der Waals surface area (Å²) in [4.78, 5) is 12.7. The average molecular weight is 419 g/mol. The number of hydrogen-bond acceptors (Lipinski definition) is 4. The second-order valence-electron chi connectivity index (χ2n) is 6.45. The number of rotatable bonds is 4. The van der Waals surface area contributed by atoms with E-state index in [2.05, 4.69) is 16.2 Å². The van der Waals surface area contributed by atoms with E-state index in [-0.39, 0.29) is 22.5 Å². The highest BCUT2D eigenvalue weighted by molar-refractivity contribution is 7.89. The van der Waals surface area contributed by atoms with Crippen LogP contribution in [0.15, 0.2) is 65.6 Å². The summed E-state index contributed by atoms with van der Waals surface area (Å²) in [6, 6.07) is 17.6. The topological polar surface area (TPSA) is 90.5 Å². The summed E-state index contributed by atoms with van der Waals surface area (Å²) >= 11 is 5.16. The van der Waals surface area contributed by atoms with Crippen molar-refractivity contribution in [2.75, 3.05) is 18.4 Å². The van der Waals surface area contributed by atoms with Crippen LogP contribution in [0.25, 0.3) is 0 Å². The summed E-state index contributed by atoms with van der Waals surface area (Å²) in [5.41, 5.74) is 6.03. The molecule has 2 aromatic carbocycles. The first-order valence-electron chi connectivity index (χ1n) is 8.94. The Balaban J connectivity index is 1.55. The Morgan fingerprint density at radius 3 is 2.32 bits per heavy atom. The van der Waals surface area contributed by atoms with E-state index in [4.69, 9.17) is 12.2 Å². The number of nitrogens with one attached hydrogen (secondary N) is 3. The summed E-state index contributed by atoms with van der Waals surface area (Å²) in [5.74, 6) is -0.732. The van der Waals surface area contributed by atoms with Crippen LogP contribution in [-0.2, 0) is 14.8 Å². The number of nitrogens with zero attached hydrogens (tertiary/aromatic N) is 1. The van der Waals surface area contributed by atoms with Gasteiger partial charge in [-0.05, 0) is 49.3 Å². The minimum absolute atomic E-state index is 0.142. The number of hydrazine groups is 1. The number of benzene rings is 2. The van der Waals surface area contributed by atoms with Crippen LogP contribution in [0.4, 0.5) is 5.69 Å². The number of para-hydroxylation sites is 1. The number of piperidine rings is 1. The lowest BCUT2D eigenvalue weighted by Gasteiger charge is -2.31. The molecule has 1 amide bonds. The molecule has 0 saturated carbocycles. The molecule has 3 N–H and O–H groups in total. The maximum atomic E-state index is 12.8. The van der Waals surface area contributed by atoms with E-state index in [9.17, 15) is 13.2 Å². The molecule has 7 nitrogen and oxygen atoms in total. The van der Waals surface area contributed by atoms with Crippen LogP contribution in [0.1, 0.15) is 12.8 Å². The minimum atomic E-state index is -3.61. The Kier molecular flexibility index (Phi) is 6.61. The highest BCUT2D eigenvalue weighted by atomic mass is 32.2. The van der Waals surface area contributed by atoms with Crippen molar-refractivity contribution in [3.05, 3.63) is 60.7 Å². The summed E-state index contributed by atoms with van der Waals surface area (Å²) in [7, 11) is -3.61. The first-order valence-corrected chi connectivity index (χ1v) is 10.8. The molecule has 1 saturated heterocycles. The van der Waals surface area contributed by atoms with Gasteiger partial charge < -0.3 is 5.32 Å². The molecule has 0 radical (unpaired) electrons. The smallest absolute Gasteiger partial charge is 0.243 e. The van der Waals surface area contributed by atoms with Crippen molar-refractivity contribution < 1.29 is 13.2 Å². The van der Waals surface area contributed by atoms with Gasteiger partial charge in [0, 0.05) is 18.8 Å². The standard InChI is InChI=1S/C19H22N4O3S2/c24-18(21-22-19(27)20-16-9-3-1-4-10-16)15-8-7-13-23(14-15)28(25,26)17-11-5-2-6-12-17/h1-6,9-12,15H,7-8,13-14H2,(H,21,24)(H2,20,22,27). The first kappa shape index (κ1) is 20.2. The van der Waals surface area contributed by atoms with Crippen LogP contribution in [0, 0.1) is 5.92 Å². The van der Waals surface area contributed by atoms with E-state index >= 15 is 0 Å². The van der Waals surface area contributed by atoms with Crippen LogP contribution < -0.4 is 16.2 Å². The second kappa shape index (κ2) is 9.13. The van der Waals surface area contributed by atoms with Crippen LogP contribution in [-0.4, -0.2) is 36.8 Å². The lowest BCUT2D eigenvalue weighted by Crippen LogP contribution is -2.50. The fourth-order valence-electron chi connectivity index (χ4n) is 3.02. The van der Waals surface area contributed by atoms with Crippen LogP contribution in [0.2, 0.25) is 0 Å². The molecule has 1 fully saturated rings. The number of carbonyl (C=O) groups excluding carboxylic acids is 1. The third-order valence-corrected chi connectivity index (χ3v) is 6.55. The molecule has 1 heterocycles. The van der Waals surface area contributed by atoms with E-state index in [1.807, 2.05) is 30.3 Å². The van der Waals surface area contributed by atoms with Crippen molar-refractivity contribution in [3.63, 3.8) is 0 Å². The molecular weight excluding hydrogens is 396 g/mol. The molecule has 0 bridgehead atoms. The van der Waals surface area contributed by atoms with Gasteiger partial charge in [0.15, 0.2) is 5.11 Å². The van der Waals surface area contributed by atoms with E-state index in [1.54, 1.807) is 30.3 Å². The lowest BCUT2D eigenvalue weighted by molar-refractivity contribution is -0.126. The van der Waals surface area contributed by atoms with E-state index in [0.29, 0.717) is 19.4 Å². The van der Waals surface area contributed by atoms with E-state index in [1.165, 1.54) is 4.31 Å². The predicted molar refractivity (Wildman–Crippen MR) is 112 cm³/mol. The SMILES string of the molecule is O=C(NNC(=S)Nc1ccccc1)C1CCCN(S(=O)(=O)c2ccccc2)C1. The molecule has 148 valence electrons. The minimum Gasteiger partial charge on any atom is -0.331 e. The van der Waals surface area contributed by atoms with Gasteiger partial charge in [-0.2, -0.15) is 4.31 Å². The third-order valence-electron chi connectivity index (χ3n) is 4.47. The summed E-state index contributed by atoms with van der Waals surface area (Å²) < 4.78 is 26.9. The number of carbonyl (C=O) groups is 1. The van der Waals surface area contributed by atoms with E-state index < -0.39 is 15.9 Å². The number of amides is 1. The summed E-state index contributed by atoms with van der Waals surface area (Å²) in [5, 5.41) is 3.21. The van der Waals surface area contributed by atoms with Crippen LogP contribution >= 0.6 is 12.2 Å². The highest BCUT2D eigenvalue weighted by Crippen LogP contribution is 2.23. The van der Waals surface area contributed by atoms with Crippen LogP contribution in [0.5, 0.6) is 0 Å². The first-order chi connectivity index (χ1) is 13.5. The van der Waals surface area contributed by atoms with Gasteiger partial charge in [0.2, 0.25) is 15.9 Å². The van der Waals surface area contributed by atoms with Gasteiger partial charge in [-0.15, -0.1) is 0 Å². The summed E-state index contributed by atoms with van der Waals surface area (Å²) in [6.45, 7) is 0.548. The zero-order chi connectivity index (χ0) is 20.0. The van der Waals surface area contributed by atoms with Gasteiger partial charge in [0.25, 0.3) is 0 Å². The van der Waals surface area contributed by atoms with Crippen molar-refractivity contribution in [1.29, 1.82) is 0 Å². The zero-order valence-corrected chi connectivity index (χ0v) is 16.8. The molecule has 0 aromatic heterocycles. The van der Waals surface area contributed by atoms with Crippen molar-refractivity contribution in [1.82, 2.24) is 15.2 Å². The normalized spacial score (nSPS) is 17.5. The van der Waals surface area contributed by atoms with E-state index in [0.717, 1.165) is 5.69 Å². The third kappa shape index (κ3) is 5.06. The highest BCUT2D eigenvalue weighted by Gasteiger charge is 2.33. The number of sulfonamides is 1. The second-order valence-corrected chi connectivity index (χ2v) is 8.80. The Hall–Kier alpha value is -2.49. The average Bonchev–Trinajstić information content (AvgIpc) is 2.73. The van der Waals surface area contributed by atoms with Gasteiger partial charge in [-0.1, -0.05) is 36.4 Å². The monoisotopic (exact) mass is 418 g/mol. The predicted octanol–water partition coefficient (Wildman–Crippen LogP) is 2.11. The molecule has 0 spiro atoms. The van der Waals surface area contributed by atoms with Gasteiger partial charge in [-0.3, -0.25) is 15.6 Å². The maximum absolute atomic E-state index is 12.8. The van der Waals surface area contributed by atoms with Gasteiger partial charge in [0.1, 0.15) is 0 Å². The maximum Gasteiger partial charge on any atom is 0.243 e. The fraction of sp³-hybridized carbons (Fsp3) is 0.263. The van der Waals surface area contributed by atoms with Gasteiger partial charge in [0.05, 0.1) is 10.8 Å². The van der Waals surface area contributed by atoms with Gasteiger partial charge in [-0.25, -0.2) is 8.42 Å². The summed E-state index contributed by atoms with van der Waals surface area (Å²) in [6.07, 6.45) is 1.24. The van der Waals surface area contributed by atoms with Crippen molar-refractivity contribution >= 4 is 38.9 Å². The van der Waals surface area contributed by atoms with Crippen LogP contribution in [0.3, 0.4) is 0 Å². The Morgan fingerprint density at radius 1 is 1.00 bits per heavy atom. The number of hydrogen-bond donors (Lipinski definition) is 3. The van der Waals surface area contributed by atoms with Crippen molar-refractivity contribution in [2.24, 2.45) is 5.92 Å². The van der Waals surface area contributed by atoms with Crippen molar-refractivity contribution in [2.45, 2.75) is 17.7 Å². The Labute approximate surface area is 170 Å². The Morgan fingerprint density at radius 2 is 1.64 bits per heavy atom. The zero-order valence-electron chi connectivity index (χ0n) is 15.2. The molecule has 9 heteroatoms. The number of thiocarbonyl (C=S) groups is 1. The molecule has 1 unspecified atom stereocenters. The number of anilines is 1. The lowest BCUT2D eigenvalue weighted by atomic mass is 9.99. The largest absolute Gasteiger partial charge is 0.331 e. The molecule has 28 heavy (non-hydrogen) atoms. The molecule has 0 aliphatic carbocycles. The molecule has 3 rings (SSSR count). The Bertz CT molecular complexity index is 921. The molecule has 1 aliphatic heterocycles. The molecule has 1 aliphatic rings. The fourth-order valence-corrected chi connectivity index (χ4v) is 4.73. The molecular formula is C19H22N4O3S2. The van der Waals surface area contributed by atoms with Crippen molar-refractivity contribution in [3.8, 4) is 0 Å². The molecule has 2 aromatic rings. The molecule has 1 atom stereocenters.